The third-order valence-corrected chi connectivity index (χ3v) is 5.26. The molecule has 0 radical (unpaired) electrons. The lowest BCUT2D eigenvalue weighted by Crippen LogP contribution is -2.01. The van der Waals surface area contributed by atoms with Crippen LogP contribution in [0.3, 0.4) is 0 Å². The van der Waals surface area contributed by atoms with Gasteiger partial charge in [-0.15, -0.1) is 0 Å². The number of nitriles is 2. The number of rotatable bonds is 5. The van der Waals surface area contributed by atoms with Gasteiger partial charge in [-0.3, -0.25) is 0 Å². The standard InChI is InChI=1S/C25H19N3O4/c1-29-22-9-15(10-23(30-2)25(22)31-3)16-11-17(19(13-27)24(28)18(16)12-26)21-8-14-6-4-5-7-20(14)32-21/h4-11H,28H2,1-3H3. The molecule has 1 heterocycles. The summed E-state index contributed by atoms with van der Waals surface area (Å²) in [6, 6.07) is 18.8. The number of hydrogen-bond acceptors (Lipinski definition) is 7. The molecule has 158 valence electrons. The van der Waals surface area contributed by atoms with Gasteiger partial charge in [-0.25, -0.2) is 0 Å². The average Bonchev–Trinajstić information content (AvgIpc) is 3.26. The first-order valence-electron chi connectivity index (χ1n) is 9.62. The van der Waals surface area contributed by atoms with E-state index in [9.17, 15) is 10.5 Å². The number of furan rings is 1. The van der Waals surface area contributed by atoms with E-state index >= 15 is 0 Å². The molecule has 0 aliphatic carbocycles. The number of methoxy groups -OCH3 is 3. The highest BCUT2D eigenvalue weighted by Gasteiger charge is 2.22. The molecule has 32 heavy (non-hydrogen) atoms. The first kappa shape index (κ1) is 20.6. The number of hydrogen-bond donors (Lipinski definition) is 1. The first-order valence-corrected chi connectivity index (χ1v) is 9.62. The molecule has 0 aliphatic rings. The Hall–Kier alpha value is -4.62. The minimum atomic E-state index is 0.0803. The van der Waals surface area contributed by atoms with Crippen molar-refractivity contribution in [3.63, 3.8) is 0 Å². The van der Waals surface area contributed by atoms with Crippen LogP contribution < -0.4 is 19.9 Å². The quantitative estimate of drug-likeness (QED) is 0.441. The van der Waals surface area contributed by atoms with E-state index in [1.165, 1.54) is 21.3 Å². The third-order valence-electron chi connectivity index (χ3n) is 5.26. The molecule has 3 aromatic carbocycles. The molecule has 0 fully saturated rings. The van der Waals surface area contributed by atoms with Gasteiger partial charge in [0.05, 0.1) is 38.1 Å². The summed E-state index contributed by atoms with van der Waals surface area (Å²) >= 11 is 0. The molecule has 0 saturated heterocycles. The maximum atomic E-state index is 9.86. The molecule has 0 saturated carbocycles. The Morgan fingerprint density at radius 2 is 1.44 bits per heavy atom. The fourth-order valence-electron chi connectivity index (χ4n) is 3.72. The van der Waals surface area contributed by atoms with Gasteiger partial charge in [-0.1, -0.05) is 18.2 Å². The molecule has 0 aliphatic heterocycles. The van der Waals surface area contributed by atoms with Crippen molar-refractivity contribution in [2.75, 3.05) is 27.1 Å². The van der Waals surface area contributed by atoms with E-state index in [0.717, 1.165) is 5.39 Å². The van der Waals surface area contributed by atoms with Crippen molar-refractivity contribution in [1.82, 2.24) is 0 Å². The third kappa shape index (κ3) is 3.23. The molecule has 0 atom stereocenters. The van der Waals surface area contributed by atoms with Crippen molar-refractivity contribution in [3.05, 3.63) is 59.7 Å². The zero-order valence-corrected chi connectivity index (χ0v) is 17.7. The summed E-state index contributed by atoms with van der Waals surface area (Å²) in [4.78, 5) is 0. The molecule has 4 rings (SSSR count). The van der Waals surface area contributed by atoms with Crippen LogP contribution in [0.1, 0.15) is 11.1 Å². The molecule has 7 nitrogen and oxygen atoms in total. The van der Waals surface area contributed by atoms with Crippen LogP contribution in [-0.4, -0.2) is 21.3 Å². The molecule has 2 N–H and O–H groups in total. The zero-order chi connectivity index (χ0) is 22.8. The summed E-state index contributed by atoms with van der Waals surface area (Å²) in [7, 11) is 4.54. The molecular formula is C25H19N3O4. The normalized spacial score (nSPS) is 10.4. The molecule has 1 aromatic heterocycles. The van der Waals surface area contributed by atoms with E-state index in [1.54, 1.807) is 18.2 Å². The van der Waals surface area contributed by atoms with Crippen molar-refractivity contribution in [2.24, 2.45) is 0 Å². The average molecular weight is 425 g/mol. The number of nitrogens with zero attached hydrogens (tertiary/aromatic N) is 2. The van der Waals surface area contributed by atoms with Gasteiger partial charge in [0, 0.05) is 16.5 Å². The monoisotopic (exact) mass is 425 g/mol. The Balaban J connectivity index is 2.04. The second-order valence-corrected chi connectivity index (χ2v) is 6.92. The van der Waals surface area contributed by atoms with Gasteiger partial charge in [0.25, 0.3) is 0 Å². The Morgan fingerprint density at radius 3 is 2.00 bits per heavy atom. The predicted molar refractivity (Wildman–Crippen MR) is 121 cm³/mol. The fraction of sp³-hybridized carbons (Fsp3) is 0.120. The molecule has 0 bridgehead atoms. The highest BCUT2D eigenvalue weighted by atomic mass is 16.5. The minimum absolute atomic E-state index is 0.0803. The highest BCUT2D eigenvalue weighted by Crippen LogP contribution is 2.44. The lowest BCUT2D eigenvalue weighted by Gasteiger charge is -2.16. The van der Waals surface area contributed by atoms with Crippen molar-refractivity contribution in [3.8, 4) is 51.8 Å². The van der Waals surface area contributed by atoms with E-state index in [1.807, 2.05) is 30.3 Å². The zero-order valence-electron chi connectivity index (χ0n) is 17.7. The minimum Gasteiger partial charge on any atom is -0.493 e. The Kier molecular flexibility index (Phi) is 5.32. The van der Waals surface area contributed by atoms with Gasteiger partial charge >= 0.3 is 0 Å². The van der Waals surface area contributed by atoms with Crippen LogP contribution in [0.2, 0.25) is 0 Å². The lowest BCUT2D eigenvalue weighted by molar-refractivity contribution is 0.324. The fourth-order valence-corrected chi connectivity index (χ4v) is 3.72. The maximum absolute atomic E-state index is 9.86. The smallest absolute Gasteiger partial charge is 0.203 e. The van der Waals surface area contributed by atoms with Gasteiger partial charge in [-0.05, 0) is 35.9 Å². The van der Waals surface area contributed by atoms with Crippen LogP contribution >= 0.6 is 0 Å². The van der Waals surface area contributed by atoms with Crippen molar-refractivity contribution < 1.29 is 18.6 Å². The number of fused-ring (bicyclic) bond motifs is 1. The van der Waals surface area contributed by atoms with Crippen LogP contribution in [0.25, 0.3) is 33.4 Å². The Morgan fingerprint density at radius 1 is 0.812 bits per heavy atom. The van der Waals surface area contributed by atoms with Crippen LogP contribution in [0.15, 0.2) is 52.9 Å². The summed E-state index contributed by atoms with van der Waals surface area (Å²) in [5.74, 6) is 1.77. The number of anilines is 1. The number of benzene rings is 3. The van der Waals surface area contributed by atoms with Crippen molar-refractivity contribution in [2.45, 2.75) is 0 Å². The second-order valence-electron chi connectivity index (χ2n) is 6.92. The van der Waals surface area contributed by atoms with Crippen molar-refractivity contribution in [1.29, 1.82) is 10.5 Å². The van der Waals surface area contributed by atoms with E-state index < -0.39 is 0 Å². The van der Waals surface area contributed by atoms with E-state index in [-0.39, 0.29) is 16.8 Å². The first-order chi connectivity index (χ1) is 15.6. The molecule has 7 heteroatoms. The topological polar surface area (TPSA) is 114 Å². The lowest BCUT2D eigenvalue weighted by atomic mass is 9.91. The Bertz CT molecular complexity index is 1370. The van der Waals surface area contributed by atoms with Gasteiger partial charge in [-0.2, -0.15) is 10.5 Å². The van der Waals surface area contributed by atoms with Crippen molar-refractivity contribution >= 4 is 16.7 Å². The Labute approximate surface area is 184 Å². The molecule has 0 spiro atoms. The predicted octanol–water partition coefficient (Wildman–Crippen LogP) is 5.12. The SMILES string of the molecule is COc1cc(-c2cc(-c3cc4ccccc4o3)c(C#N)c(N)c2C#N)cc(OC)c1OC. The van der Waals surface area contributed by atoms with Gasteiger partial charge < -0.3 is 24.4 Å². The number of nitrogen functional groups attached to an aromatic ring is 1. The van der Waals surface area contributed by atoms with E-state index in [2.05, 4.69) is 12.1 Å². The summed E-state index contributed by atoms with van der Waals surface area (Å²) < 4.78 is 22.3. The molecular weight excluding hydrogens is 406 g/mol. The van der Waals surface area contributed by atoms with Crippen LogP contribution in [0.5, 0.6) is 17.2 Å². The van der Waals surface area contributed by atoms with Gasteiger partial charge in [0.15, 0.2) is 11.5 Å². The largest absolute Gasteiger partial charge is 0.493 e. The summed E-state index contributed by atoms with van der Waals surface area (Å²) in [5, 5.41) is 20.6. The van der Waals surface area contributed by atoms with E-state index in [0.29, 0.717) is 45.3 Å². The molecule has 0 amide bonds. The van der Waals surface area contributed by atoms with Crippen LogP contribution in [0.4, 0.5) is 5.69 Å². The summed E-state index contributed by atoms with van der Waals surface area (Å²) in [6.45, 7) is 0. The van der Waals surface area contributed by atoms with E-state index in [4.69, 9.17) is 24.4 Å². The number of nitrogens with two attached hydrogens (primary N) is 1. The molecule has 0 unspecified atom stereocenters. The summed E-state index contributed by atoms with van der Waals surface area (Å²) in [5.41, 5.74) is 9.03. The second kappa shape index (κ2) is 8.25. The van der Waals surface area contributed by atoms with Gasteiger partial charge in [0.1, 0.15) is 23.5 Å². The number of para-hydroxylation sites is 1. The number of ether oxygens (including phenoxy) is 3. The summed E-state index contributed by atoms with van der Waals surface area (Å²) in [6.07, 6.45) is 0. The van der Waals surface area contributed by atoms with Crippen LogP contribution in [0, 0.1) is 22.7 Å². The molecule has 4 aromatic rings. The van der Waals surface area contributed by atoms with Crippen LogP contribution in [-0.2, 0) is 0 Å². The maximum Gasteiger partial charge on any atom is 0.203 e. The van der Waals surface area contributed by atoms with Gasteiger partial charge in [0.2, 0.25) is 5.75 Å². The highest BCUT2D eigenvalue weighted by molar-refractivity contribution is 5.91.